The van der Waals surface area contributed by atoms with Crippen molar-refractivity contribution >= 4 is 15.8 Å². The Labute approximate surface area is 109 Å². The van der Waals surface area contributed by atoms with Crippen LogP contribution in [0.25, 0.3) is 5.82 Å². The van der Waals surface area contributed by atoms with Crippen molar-refractivity contribution in [3.05, 3.63) is 35.8 Å². The first-order valence-electron chi connectivity index (χ1n) is 5.24. The molecule has 2 heterocycles. The molecule has 0 aliphatic carbocycles. The monoisotopic (exact) mass is 281 g/mol. The maximum Gasteiger partial charge on any atom is 0.335 e. The van der Waals surface area contributed by atoms with E-state index < -0.39 is 15.8 Å². The first kappa shape index (κ1) is 13.2. The van der Waals surface area contributed by atoms with Crippen LogP contribution < -0.4 is 0 Å². The largest absolute Gasteiger partial charge is 0.478 e. The van der Waals surface area contributed by atoms with Crippen LogP contribution in [0, 0.1) is 6.92 Å². The van der Waals surface area contributed by atoms with E-state index in [2.05, 4.69) is 10.1 Å². The first-order valence-corrected chi connectivity index (χ1v) is 7.13. The Balaban J connectivity index is 2.53. The zero-order valence-corrected chi connectivity index (χ0v) is 11.0. The van der Waals surface area contributed by atoms with Crippen molar-refractivity contribution in [1.82, 2.24) is 14.8 Å². The van der Waals surface area contributed by atoms with Gasteiger partial charge in [-0.15, -0.1) is 0 Å². The lowest BCUT2D eigenvalue weighted by molar-refractivity contribution is 0.0696. The van der Waals surface area contributed by atoms with Gasteiger partial charge in [-0.3, -0.25) is 0 Å². The number of aromatic nitrogens is 3. The third kappa shape index (κ3) is 2.79. The van der Waals surface area contributed by atoms with Gasteiger partial charge in [0.25, 0.3) is 0 Å². The summed E-state index contributed by atoms with van der Waals surface area (Å²) >= 11 is 0. The Morgan fingerprint density at radius 3 is 2.58 bits per heavy atom. The zero-order chi connectivity index (χ0) is 14.2. The summed E-state index contributed by atoms with van der Waals surface area (Å²) in [5.41, 5.74) is 0.574. The van der Waals surface area contributed by atoms with Gasteiger partial charge in [0.05, 0.1) is 18.0 Å². The Morgan fingerprint density at radius 1 is 1.37 bits per heavy atom. The second-order valence-corrected chi connectivity index (χ2v) is 6.07. The van der Waals surface area contributed by atoms with Crippen molar-refractivity contribution in [2.45, 2.75) is 11.8 Å². The van der Waals surface area contributed by atoms with E-state index >= 15 is 0 Å². The van der Waals surface area contributed by atoms with Crippen LogP contribution in [0.4, 0.5) is 0 Å². The summed E-state index contributed by atoms with van der Waals surface area (Å²) < 4.78 is 23.9. The maximum absolute atomic E-state index is 11.4. The highest BCUT2D eigenvalue weighted by atomic mass is 32.2. The summed E-state index contributed by atoms with van der Waals surface area (Å²) in [7, 11) is -3.35. The van der Waals surface area contributed by atoms with Gasteiger partial charge in [0.1, 0.15) is 4.90 Å². The number of sulfone groups is 1. The fourth-order valence-corrected chi connectivity index (χ4v) is 2.04. The molecule has 0 aromatic carbocycles. The molecule has 0 radical (unpaired) electrons. The van der Waals surface area contributed by atoms with E-state index in [4.69, 9.17) is 5.11 Å². The van der Waals surface area contributed by atoms with E-state index in [9.17, 15) is 13.2 Å². The van der Waals surface area contributed by atoms with Crippen LogP contribution in [-0.2, 0) is 9.84 Å². The zero-order valence-electron chi connectivity index (χ0n) is 10.2. The molecule has 0 fully saturated rings. The van der Waals surface area contributed by atoms with Crippen molar-refractivity contribution in [3.63, 3.8) is 0 Å². The number of carboxylic acids is 1. The highest BCUT2D eigenvalue weighted by Crippen LogP contribution is 2.13. The van der Waals surface area contributed by atoms with Crippen molar-refractivity contribution in [3.8, 4) is 5.82 Å². The molecule has 0 aliphatic heterocycles. The average molecular weight is 281 g/mol. The van der Waals surface area contributed by atoms with Gasteiger partial charge in [0, 0.05) is 11.9 Å². The fraction of sp³-hybridized carbons (Fsp3) is 0.182. The van der Waals surface area contributed by atoms with E-state index in [1.54, 1.807) is 6.92 Å². The standard InChI is InChI=1S/C11H11N3O4S/c1-7-3-8(11(15)16)4-10(13-7)14-6-9(5-12-14)19(2,17)18/h3-6H,1-2H3,(H,15,16). The number of pyridine rings is 1. The normalized spacial score (nSPS) is 11.5. The Bertz CT molecular complexity index is 749. The topological polar surface area (TPSA) is 102 Å². The molecular weight excluding hydrogens is 270 g/mol. The van der Waals surface area contributed by atoms with Crippen molar-refractivity contribution in [1.29, 1.82) is 0 Å². The molecular formula is C11H11N3O4S. The third-order valence-corrected chi connectivity index (χ3v) is 3.48. The molecule has 8 heteroatoms. The van der Waals surface area contributed by atoms with E-state index in [0.29, 0.717) is 5.69 Å². The van der Waals surface area contributed by atoms with Crippen LogP contribution in [0.2, 0.25) is 0 Å². The third-order valence-electron chi connectivity index (χ3n) is 2.41. The molecule has 0 aliphatic rings. The van der Waals surface area contributed by atoms with Crippen molar-refractivity contribution in [2.24, 2.45) is 0 Å². The predicted octanol–water partition coefficient (Wildman–Crippen LogP) is 0.677. The van der Waals surface area contributed by atoms with E-state index in [0.717, 1.165) is 6.26 Å². The minimum absolute atomic E-state index is 0.0488. The molecule has 2 aromatic heterocycles. The number of hydrogen-bond acceptors (Lipinski definition) is 5. The first-order chi connectivity index (χ1) is 8.77. The molecule has 0 spiro atoms. The van der Waals surface area contributed by atoms with Gasteiger partial charge < -0.3 is 5.11 Å². The van der Waals surface area contributed by atoms with Gasteiger partial charge in [-0.2, -0.15) is 5.10 Å². The number of rotatable bonds is 3. The number of aromatic carboxylic acids is 1. The molecule has 0 unspecified atom stereocenters. The summed E-state index contributed by atoms with van der Waals surface area (Å²) in [6.07, 6.45) is 3.56. The number of aryl methyl sites for hydroxylation is 1. The SMILES string of the molecule is Cc1cc(C(=O)O)cc(-n2cc(S(C)(=O)=O)cn2)n1. The summed E-state index contributed by atoms with van der Waals surface area (Å²) in [5.74, 6) is -0.824. The van der Waals surface area contributed by atoms with E-state index in [1.807, 2.05) is 0 Å². The summed E-state index contributed by atoms with van der Waals surface area (Å²) in [6.45, 7) is 1.65. The van der Waals surface area contributed by atoms with Crippen LogP contribution in [0.5, 0.6) is 0 Å². The minimum atomic E-state index is -3.35. The molecule has 19 heavy (non-hydrogen) atoms. The lowest BCUT2D eigenvalue weighted by Gasteiger charge is -2.03. The lowest BCUT2D eigenvalue weighted by atomic mass is 10.2. The predicted molar refractivity (Wildman–Crippen MR) is 66.2 cm³/mol. The van der Waals surface area contributed by atoms with Crippen LogP contribution in [0.15, 0.2) is 29.4 Å². The van der Waals surface area contributed by atoms with Crippen LogP contribution in [0.1, 0.15) is 16.1 Å². The number of carboxylic acid groups (broad SMARTS) is 1. The quantitative estimate of drug-likeness (QED) is 0.887. The van der Waals surface area contributed by atoms with Gasteiger partial charge in [-0.05, 0) is 19.1 Å². The van der Waals surface area contributed by atoms with E-state index in [-0.39, 0.29) is 16.3 Å². The van der Waals surface area contributed by atoms with Crippen LogP contribution in [0.3, 0.4) is 0 Å². The molecule has 2 aromatic rings. The second kappa shape index (κ2) is 4.47. The smallest absolute Gasteiger partial charge is 0.335 e. The average Bonchev–Trinajstić information content (AvgIpc) is 2.76. The van der Waals surface area contributed by atoms with Crippen molar-refractivity contribution < 1.29 is 18.3 Å². The van der Waals surface area contributed by atoms with Gasteiger partial charge in [-0.1, -0.05) is 0 Å². The lowest BCUT2D eigenvalue weighted by Crippen LogP contribution is -2.04. The Kier molecular flexibility index (Phi) is 3.11. The van der Waals surface area contributed by atoms with Crippen LogP contribution in [-0.4, -0.2) is 40.5 Å². The Morgan fingerprint density at radius 2 is 2.05 bits per heavy atom. The summed E-state index contributed by atoms with van der Waals surface area (Å²) in [4.78, 5) is 15.1. The van der Waals surface area contributed by atoms with Crippen LogP contribution >= 0.6 is 0 Å². The summed E-state index contributed by atoms with van der Waals surface area (Å²) in [5, 5.41) is 12.8. The number of carbonyl (C=O) groups is 1. The van der Waals surface area contributed by atoms with Gasteiger partial charge in [0.15, 0.2) is 15.7 Å². The molecule has 0 saturated carbocycles. The number of hydrogen-bond donors (Lipinski definition) is 1. The highest BCUT2D eigenvalue weighted by Gasteiger charge is 2.13. The second-order valence-electron chi connectivity index (χ2n) is 4.05. The highest BCUT2D eigenvalue weighted by molar-refractivity contribution is 7.90. The van der Waals surface area contributed by atoms with Gasteiger partial charge >= 0.3 is 5.97 Å². The molecule has 0 atom stereocenters. The molecule has 2 rings (SSSR count). The van der Waals surface area contributed by atoms with Crippen molar-refractivity contribution in [2.75, 3.05) is 6.26 Å². The Hall–Kier alpha value is -2.22. The maximum atomic E-state index is 11.4. The summed E-state index contributed by atoms with van der Waals surface area (Å²) in [6, 6.07) is 2.75. The number of nitrogens with zero attached hydrogens (tertiary/aromatic N) is 3. The molecule has 0 bridgehead atoms. The fourth-order valence-electron chi connectivity index (χ4n) is 1.51. The molecule has 100 valence electrons. The van der Waals surface area contributed by atoms with Gasteiger partial charge in [-0.25, -0.2) is 22.9 Å². The molecule has 0 saturated heterocycles. The molecule has 7 nitrogen and oxygen atoms in total. The minimum Gasteiger partial charge on any atom is -0.478 e. The molecule has 0 amide bonds. The molecule has 1 N–H and O–H groups in total. The van der Waals surface area contributed by atoms with E-state index in [1.165, 1.54) is 29.2 Å². The van der Waals surface area contributed by atoms with Gasteiger partial charge in [0.2, 0.25) is 0 Å².